The number of fused-ring (bicyclic) bond motifs is 2. The monoisotopic (exact) mass is 333 g/mol. The number of aromatic amines is 1. The zero-order valence-electron chi connectivity index (χ0n) is 12.4. The SMILES string of the molecule is FC(F)Oc1cc2c(cc1CNc1nc3ccccc3[nH]1)OCO2. The van der Waals surface area contributed by atoms with Gasteiger partial charge in [0.25, 0.3) is 0 Å². The molecular formula is C16H13F2N3O3. The van der Waals surface area contributed by atoms with Crippen LogP contribution in [0, 0.1) is 0 Å². The lowest BCUT2D eigenvalue weighted by Gasteiger charge is -2.12. The van der Waals surface area contributed by atoms with Crippen molar-refractivity contribution in [3.63, 3.8) is 0 Å². The van der Waals surface area contributed by atoms with Gasteiger partial charge in [-0.25, -0.2) is 4.98 Å². The predicted octanol–water partition coefficient (Wildman–Crippen LogP) is 3.51. The van der Waals surface area contributed by atoms with E-state index in [1.54, 1.807) is 6.07 Å². The number of hydrogen-bond acceptors (Lipinski definition) is 5. The van der Waals surface area contributed by atoms with Crippen molar-refractivity contribution in [2.45, 2.75) is 13.2 Å². The van der Waals surface area contributed by atoms with Gasteiger partial charge in [0.2, 0.25) is 12.7 Å². The topological polar surface area (TPSA) is 68.4 Å². The molecule has 0 aliphatic carbocycles. The minimum absolute atomic E-state index is 0.0397. The van der Waals surface area contributed by atoms with Crippen molar-refractivity contribution in [3.8, 4) is 17.2 Å². The summed E-state index contributed by atoms with van der Waals surface area (Å²) in [5.74, 6) is 1.46. The molecule has 3 aromatic rings. The highest BCUT2D eigenvalue weighted by Gasteiger charge is 2.20. The van der Waals surface area contributed by atoms with Crippen molar-refractivity contribution >= 4 is 17.0 Å². The summed E-state index contributed by atoms with van der Waals surface area (Å²) < 4.78 is 40.3. The molecule has 124 valence electrons. The molecule has 2 heterocycles. The fourth-order valence-corrected chi connectivity index (χ4v) is 2.52. The molecule has 8 heteroatoms. The van der Waals surface area contributed by atoms with E-state index in [0.29, 0.717) is 23.0 Å². The summed E-state index contributed by atoms with van der Waals surface area (Å²) in [4.78, 5) is 7.49. The molecule has 1 aliphatic heterocycles. The van der Waals surface area contributed by atoms with Crippen LogP contribution < -0.4 is 19.5 Å². The van der Waals surface area contributed by atoms with Crippen LogP contribution in [0.25, 0.3) is 11.0 Å². The number of anilines is 1. The largest absolute Gasteiger partial charge is 0.454 e. The standard InChI is InChI=1S/C16H13F2N3O3/c17-15(18)24-12-6-14-13(22-8-23-14)5-9(12)7-19-16-20-10-3-1-2-4-11(10)21-16/h1-6,15H,7-8H2,(H2,19,20,21). The summed E-state index contributed by atoms with van der Waals surface area (Å²) in [6.07, 6.45) is 0. The van der Waals surface area contributed by atoms with Gasteiger partial charge in [-0.15, -0.1) is 0 Å². The maximum Gasteiger partial charge on any atom is 0.387 e. The molecule has 2 aromatic carbocycles. The maximum atomic E-state index is 12.6. The van der Waals surface area contributed by atoms with Crippen molar-refractivity contribution in [3.05, 3.63) is 42.0 Å². The van der Waals surface area contributed by atoms with Crippen LogP contribution in [0.4, 0.5) is 14.7 Å². The lowest BCUT2D eigenvalue weighted by molar-refractivity contribution is -0.0504. The fraction of sp³-hybridized carbons (Fsp3) is 0.188. The Hall–Kier alpha value is -3.03. The molecule has 0 unspecified atom stereocenters. The van der Waals surface area contributed by atoms with E-state index in [1.807, 2.05) is 24.3 Å². The summed E-state index contributed by atoms with van der Waals surface area (Å²) in [7, 11) is 0. The number of halogens is 2. The third-order valence-corrected chi connectivity index (χ3v) is 3.61. The normalized spacial score (nSPS) is 12.8. The zero-order valence-corrected chi connectivity index (χ0v) is 12.4. The van der Waals surface area contributed by atoms with Crippen LogP contribution in [0.15, 0.2) is 36.4 Å². The first kappa shape index (κ1) is 14.6. The van der Waals surface area contributed by atoms with Gasteiger partial charge in [-0.1, -0.05) is 12.1 Å². The van der Waals surface area contributed by atoms with Crippen LogP contribution in [0.3, 0.4) is 0 Å². The third kappa shape index (κ3) is 2.78. The molecule has 1 aliphatic rings. The second-order valence-electron chi connectivity index (χ2n) is 5.15. The summed E-state index contributed by atoms with van der Waals surface area (Å²) in [6.45, 7) is -2.63. The molecule has 0 radical (unpaired) electrons. The number of benzene rings is 2. The molecule has 0 atom stereocenters. The predicted molar refractivity (Wildman–Crippen MR) is 82.6 cm³/mol. The first-order valence-electron chi connectivity index (χ1n) is 7.25. The van der Waals surface area contributed by atoms with E-state index in [-0.39, 0.29) is 19.1 Å². The summed E-state index contributed by atoms with van der Waals surface area (Å²) in [5, 5.41) is 3.07. The molecule has 6 nitrogen and oxygen atoms in total. The summed E-state index contributed by atoms with van der Waals surface area (Å²) in [6, 6.07) is 10.6. The zero-order chi connectivity index (χ0) is 16.5. The number of rotatable bonds is 5. The van der Waals surface area contributed by atoms with Gasteiger partial charge in [-0.05, 0) is 18.2 Å². The van der Waals surface area contributed by atoms with Crippen molar-refractivity contribution in [2.75, 3.05) is 12.1 Å². The Labute approximate surface area is 135 Å². The van der Waals surface area contributed by atoms with E-state index in [1.165, 1.54) is 6.07 Å². The van der Waals surface area contributed by atoms with Crippen LogP contribution >= 0.6 is 0 Å². The molecule has 24 heavy (non-hydrogen) atoms. The number of imidazole rings is 1. The minimum atomic E-state index is -2.92. The van der Waals surface area contributed by atoms with Crippen LogP contribution in [0.2, 0.25) is 0 Å². The van der Waals surface area contributed by atoms with Crippen molar-refractivity contribution in [1.29, 1.82) is 0 Å². The Kier molecular flexibility index (Phi) is 3.56. The molecule has 0 amide bonds. The number of ether oxygens (including phenoxy) is 3. The van der Waals surface area contributed by atoms with E-state index in [0.717, 1.165) is 11.0 Å². The number of nitrogens with one attached hydrogen (secondary N) is 2. The molecule has 0 saturated carbocycles. The third-order valence-electron chi connectivity index (χ3n) is 3.61. The molecule has 1 aromatic heterocycles. The average Bonchev–Trinajstić information content (AvgIpc) is 3.17. The summed E-state index contributed by atoms with van der Waals surface area (Å²) in [5.41, 5.74) is 2.21. The van der Waals surface area contributed by atoms with Crippen molar-refractivity contribution in [2.24, 2.45) is 0 Å². The first-order chi connectivity index (χ1) is 11.7. The highest BCUT2D eigenvalue weighted by atomic mass is 19.3. The lowest BCUT2D eigenvalue weighted by Crippen LogP contribution is -2.08. The van der Waals surface area contributed by atoms with E-state index in [9.17, 15) is 8.78 Å². The quantitative estimate of drug-likeness (QED) is 0.748. The fourth-order valence-electron chi connectivity index (χ4n) is 2.52. The smallest absolute Gasteiger partial charge is 0.387 e. The lowest BCUT2D eigenvalue weighted by atomic mass is 10.1. The van der Waals surface area contributed by atoms with E-state index >= 15 is 0 Å². The number of para-hydroxylation sites is 2. The van der Waals surface area contributed by atoms with Crippen LogP contribution in [0.5, 0.6) is 17.2 Å². The average molecular weight is 333 g/mol. The summed E-state index contributed by atoms with van der Waals surface area (Å²) >= 11 is 0. The van der Waals surface area contributed by atoms with E-state index in [2.05, 4.69) is 20.0 Å². The van der Waals surface area contributed by atoms with Gasteiger partial charge < -0.3 is 24.5 Å². The molecule has 2 N–H and O–H groups in total. The van der Waals surface area contributed by atoms with Crippen LogP contribution in [-0.4, -0.2) is 23.4 Å². The second-order valence-corrected chi connectivity index (χ2v) is 5.15. The Bertz CT molecular complexity index is 849. The minimum Gasteiger partial charge on any atom is -0.454 e. The Morgan fingerprint density at radius 3 is 2.79 bits per heavy atom. The van der Waals surface area contributed by atoms with Crippen LogP contribution in [0.1, 0.15) is 5.56 Å². The van der Waals surface area contributed by atoms with Gasteiger partial charge in [0.05, 0.1) is 11.0 Å². The molecule has 0 spiro atoms. The maximum absolute atomic E-state index is 12.6. The number of nitrogens with zero attached hydrogens (tertiary/aromatic N) is 1. The molecule has 0 fully saturated rings. The van der Waals surface area contributed by atoms with Gasteiger partial charge in [0.1, 0.15) is 5.75 Å². The Morgan fingerprint density at radius 2 is 2.00 bits per heavy atom. The Balaban J connectivity index is 1.58. The second kappa shape index (κ2) is 5.88. The highest BCUT2D eigenvalue weighted by molar-refractivity contribution is 5.77. The van der Waals surface area contributed by atoms with Crippen LogP contribution in [-0.2, 0) is 6.54 Å². The van der Waals surface area contributed by atoms with Gasteiger partial charge in [0, 0.05) is 18.2 Å². The number of H-pyrrole nitrogens is 1. The van der Waals surface area contributed by atoms with Gasteiger partial charge in [0.15, 0.2) is 11.5 Å². The van der Waals surface area contributed by atoms with Crippen molar-refractivity contribution < 1.29 is 23.0 Å². The van der Waals surface area contributed by atoms with Gasteiger partial charge in [-0.2, -0.15) is 8.78 Å². The highest BCUT2D eigenvalue weighted by Crippen LogP contribution is 2.38. The van der Waals surface area contributed by atoms with Gasteiger partial charge in [-0.3, -0.25) is 0 Å². The Morgan fingerprint density at radius 1 is 1.21 bits per heavy atom. The van der Waals surface area contributed by atoms with Crippen molar-refractivity contribution in [1.82, 2.24) is 9.97 Å². The molecular weight excluding hydrogens is 320 g/mol. The van der Waals surface area contributed by atoms with E-state index < -0.39 is 6.61 Å². The molecule has 0 saturated heterocycles. The number of hydrogen-bond donors (Lipinski definition) is 2. The first-order valence-corrected chi connectivity index (χ1v) is 7.25. The number of aromatic nitrogens is 2. The molecule has 4 rings (SSSR count). The molecule has 0 bridgehead atoms. The van der Waals surface area contributed by atoms with Gasteiger partial charge >= 0.3 is 6.61 Å². The number of alkyl halides is 2. The van der Waals surface area contributed by atoms with E-state index in [4.69, 9.17) is 9.47 Å².